The molecule has 1 heterocycles. The fraction of sp³-hybridized carbons (Fsp3) is 0.440. The van der Waals surface area contributed by atoms with Crippen molar-refractivity contribution in [1.82, 2.24) is 4.90 Å². The van der Waals surface area contributed by atoms with Gasteiger partial charge in [-0.15, -0.1) is 0 Å². The lowest BCUT2D eigenvalue weighted by atomic mass is 9.98. The van der Waals surface area contributed by atoms with E-state index in [2.05, 4.69) is 4.90 Å². The van der Waals surface area contributed by atoms with E-state index >= 15 is 0 Å². The third-order valence-corrected chi connectivity index (χ3v) is 6.49. The number of piperidine rings is 1. The first-order valence-corrected chi connectivity index (χ1v) is 12.2. The maximum atomic E-state index is 14.3. The molecule has 1 aliphatic carbocycles. The third-order valence-electron chi connectivity index (χ3n) is 6.06. The Balaban J connectivity index is 0.000000479. The van der Waals surface area contributed by atoms with Crippen molar-refractivity contribution in [2.45, 2.75) is 57.0 Å². The van der Waals surface area contributed by atoms with E-state index in [-0.39, 0.29) is 11.7 Å². The van der Waals surface area contributed by atoms with Crippen molar-refractivity contribution >= 4 is 35.1 Å². The summed E-state index contributed by atoms with van der Waals surface area (Å²) in [7, 11) is 0. The highest BCUT2D eigenvalue weighted by Gasteiger charge is 2.38. The largest absolute Gasteiger partial charge is 0.490 e. The van der Waals surface area contributed by atoms with Crippen molar-refractivity contribution in [3.8, 4) is 0 Å². The molecule has 0 atom stereocenters. The van der Waals surface area contributed by atoms with Crippen LogP contribution in [0.5, 0.6) is 0 Å². The van der Waals surface area contributed by atoms with Crippen LogP contribution in [0.25, 0.3) is 0 Å². The molecule has 0 bridgehead atoms. The molecule has 0 radical (unpaired) electrons. The fourth-order valence-electron chi connectivity index (χ4n) is 4.09. The number of hydrogen-bond acceptors (Lipinski definition) is 4. The predicted octanol–water partition coefficient (Wildman–Crippen LogP) is 6.52. The van der Waals surface area contributed by atoms with Gasteiger partial charge in [0, 0.05) is 29.7 Å². The third kappa shape index (κ3) is 8.84. The van der Waals surface area contributed by atoms with Crippen LogP contribution in [0.2, 0.25) is 10.0 Å². The van der Waals surface area contributed by atoms with Crippen molar-refractivity contribution in [2.75, 3.05) is 13.1 Å². The Morgan fingerprint density at radius 2 is 1.54 bits per heavy atom. The number of aromatic carboxylic acids is 1. The molecule has 37 heavy (non-hydrogen) atoms. The molecular weight excluding hydrogens is 541 g/mol. The van der Waals surface area contributed by atoms with Crippen molar-refractivity contribution in [3.05, 3.63) is 68.4 Å². The average molecular weight is 566 g/mol. The summed E-state index contributed by atoms with van der Waals surface area (Å²) in [6.07, 6.45) is -1.05. The van der Waals surface area contributed by atoms with Gasteiger partial charge in [0.05, 0.1) is 18.3 Å². The molecule has 2 aliphatic rings. The van der Waals surface area contributed by atoms with Crippen molar-refractivity contribution < 1.29 is 42.1 Å². The zero-order valence-electron chi connectivity index (χ0n) is 19.5. The van der Waals surface area contributed by atoms with Crippen LogP contribution < -0.4 is 0 Å². The van der Waals surface area contributed by atoms with Crippen molar-refractivity contribution in [1.29, 1.82) is 0 Å². The monoisotopic (exact) mass is 565 g/mol. The van der Waals surface area contributed by atoms with E-state index in [4.69, 9.17) is 37.8 Å². The second-order valence-corrected chi connectivity index (χ2v) is 9.85. The van der Waals surface area contributed by atoms with E-state index in [1.54, 1.807) is 6.07 Å². The molecule has 2 aromatic rings. The number of carboxylic acid groups (broad SMARTS) is 2. The van der Waals surface area contributed by atoms with Gasteiger partial charge in [0.1, 0.15) is 5.82 Å². The van der Waals surface area contributed by atoms with Gasteiger partial charge in [0.25, 0.3) is 0 Å². The molecular formula is C25H25Cl2F4NO5. The molecule has 2 N–H and O–H groups in total. The van der Waals surface area contributed by atoms with E-state index < -0.39 is 23.9 Å². The first-order valence-electron chi connectivity index (χ1n) is 11.5. The maximum Gasteiger partial charge on any atom is 0.490 e. The number of aliphatic carboxylic acids is 1. The molecule has 12 heteroatoms. The number of nitrogens with zero attached hydrogens (tertiary/aromatic N) is 1. The van der Waals surface area contributed by atoms with Gasteiger partial charge in [0.15, 0.2) is 0 Å². The van der Waals surface area contributed by atoms with E-state index in [1.807, 2.05) is 12.1 Å². The number of rotatable bonds is 7. The summed E-state index contributed by atoms with van der Waals surface area (Å²) in [5.41, 5.74) is 2.63. The van der Waals surface area contributed by atoms with Crippen LogP contribution in [0, 0.1) is 5.82 Å². The minimum absolute atomic E-state index is 0.160. The first-order chi connectivity index (χ1) is 17.3. The molecule has 2 aromatic carbocycles. The van der Waals surface area contributed by atoms with Gasteiger partial charge in [-0.05, 0) is 78.6 Å². The summed E-state index contributed by atoms with van der Waals surface area (Å²) >= 11 is 12.1. The molecule has 0 aromatic heterocycles. The molecule has 0 spiro atoms. The Labute approximate surface area is 220 Å². The number of ether oxygens (including phenoxy) is 1. The minimum Gasteiger partial charge on any atom is -0.478 e. The molecule has 0 unspecified atom stereocenters. The van der Waals surface area contributed by atoms with E-state index in [9.17, 15) is 27.5 Å². The van der Waals surface area contributed by atoms with Gasteiger partial charge in [-0.2, -0.15) is 13.2 Å². The number of halogens is 6. The Kier molecular flexibility index (Phi) is 9.80. The van der Waals surface area contributed by atoms with Gasteiger partial charge < -0.3 is 14.9 Å². The maximum absolute atomic E-state index is 14.3. The second kappa shape index (κ2) is 12.4. The quantitative estimate of drug-likeness (QED) is 0.371. The zero-order chi connectivity index (χ0) is 27.3. The summed E-state index contributed by atoms with van der Waals surface area (Å²) in [6.45, 7) is 2.82. The molecule has 202 valence electrons. The number of carboxylic acids is 2. The lowest BCUT2D eigenvalue weighted by Gasteiger charge is -2.32. The van der Waals surface area contributed by atoms with E-state index in [0.717, 1.165) is 55.5 Å². The van der Waals surface area contributed by atoms with Gasteiger partial charge in [-0.3, -0.25) is 4.90 Å². The highest BCUT2D eigenvalue weighted by Crippen LogP contribution is 2.43. The minimum atomic E-state index is -5.08. The second-order valence-electron chi connectivity index (χ2n) is 8.98. The summed E-state index contributed by atoms with van der Waals surface area (Å²) in [5.74, 6) is -4.25. The smallest absolute Gasteiger partial charge is 0.478 e. The molecule has 2 fully saturated rings. The number of hydrogen-bond donors (Lipinski definition) is 2. The molecule has 0 amide bonds. The van der Waals surface area contributed by atoms with Gasteiger partial charge >= 0.3 is 18.1 Å². The molecule has 6 nitrogen and oxygen atoms in total. The van der Waals surface area contributed by atoms with Crippen LogP contribution in [0.4, 0.5) is 17.6 Å². The first kappa shape index (κ1) is 29.2. The van der Waals surface area contributed by atoms with Crippen molar-refractivity contribution in [3.63, 3.8) is 0 Å². The van der Waals surface area contributed by atoms with Crippen LogP contribution in [-0.2, 0) is 22.7 Å². The number of benzene rings is 2. The lowest BCUT2D eigenvalue weighted by Crippen LogP contribution is -2.36. The number of alkyl halides is 3. The Bertz CT molecular complexity index is 1110. The van der Waals surface area contributed by atoms with Crippen LogP contribution in [0.15, 0.2) is 30.3 Å². The lowest BCUT2D eigenvalue weighted by molar-refractivity contribution is -0.192. The SMILES string of the molecule is O=C(O)C(F)(F)F.O=C(O)c1cc(C2CC2)c(CN2CCC(OCc3cc(Cl)cc(Cl)c3)CC2)cc1F. The molecule has 1 saturated heterocycles. The standard InChI is InChI=1S/C23H24Cl2FNO3.C2HF3O2/c24-17-7-14(8-18(25)10-17)13-30-19-3-5-27(6-4-19)12-16-9-22(26)21(23(28)29)11-20(16)15-1-2-15;3-2(4,5)1(6)7/h7-11,15,19H,1-6,12-13H2,(H,28,29);(H,6,7). The van der Waals surface area contributed by atoms with Gasteiger partial charge in [0.2, 0.25) is 0 Å². The zero-order valence-corrected chi connectivity index (χ0v) is 21.0. The van der Waals surface area contributed by atoms with Crippen LogP contribution in [0.3, 0.4) is 0 Å². The van der Waals surface area contributed by atoms with E-state index in [0.29, 0.717) is 29.1 Å². The Morgan fingerprint density at radius 1 is 0.973 bits per heavy atom. The molecule has 1 saturated carbocycles. The Morgan fingerprint density at radius 3 is 2.03 bits per heavy atom. The highest BCUT2D eigenvalue weighted by atomic mass is 35.5. The van der Waals surface area contributed by atoms with Gasteiger partial charge in [-0.1, -0.05) is 23.2 Å². The van der Waals surface area contributed by atoms with Gasteiger partial charge in [-0.25, -0.2) is 14.0 Å². The van der Waals surface area contributed by atoms with Crippen LogP contribution in [-0.4, -0.2) is 52.4 Å². The average Bonchev–Trinajstić information content (AvgIpc) is 3.63. The fourth-order valence-corrected chi connectivity index (χ4v) is 4.66. The Hall–Kier alpha value is -2.40. The molecule has 1 aliphatic heterocycles. The van der Waals surface area contributed by atoms with Crippen LogP contribution in [0.1, 0.15) is 58.6 Å². The van der Waals surface area contributed by atoms with E-state index in [1.165, 1.54) is 12.1 Å². The summed E-state index contributed by atoms with van der Waals surface area (Å²) in [5, 5.41) is 17.5. The van der Waals surface area contributed by atoms with Crippen molar-refractivity contribution in [2.24, 2.45) is 0 Å². The number of carbonyl (C=O) groups is 2. The topological polar surface area (TPSA) is 87.1 Å². The van der Waals surface area contributed by atoms with Crippen LogP contribution >= 0.6 is 23.2 Å². The summed E-state index contributed by atoms with van der Waals surface area (Å²) in [4.78, 5) is 22.5. The predicted molar refractivity (Wildman–Crippen MR) is 129 cm³/mol. The highest BCUT2D eigenvalue weighted by molar-refractivity contribution is 6.34. The summed E-state index contributed by atoms with van der Waals surface area (Å²) < 4.78 is 52.0. The summed E-state index contributed by atoms with van der Waals surface area (Å²) in [6, 6.07) is 8.38. The molecule has 4 rings (SSSR count). The normalized spacial score (nSPS) is 16.7. The number of likely N-dealkylation sites (tertiary alicyclic amines) is 1.